The standard InChI is InChI=1S/C22H21ClN2O5/c1-4-28-22(27)19-20(15-5-7-16(23)8-6-15)25-30-21(19)24-18(26)12-29-17-10-13(2)9-14(3)11-17/h5-11H,4,12H2,1-3H3,(H,24,26). The van der Waals surface area contributed by atoms with E-state index in [4.69, 9.17) is 25.6 Å². The molecule has 1 aromatic heterocycles. The Morgan fingerprint density at radius 3 is 2.40 bits per heavy atom. The van der Waals surface area contributed by atoms with E-state index >= 15 is 0 Å². The molecule has 1 amide bonds. The first-order valence-electron chi connectivity index (χ1n) is 9.31. The van der Waals surface area contributed by atoms with Crippen LogP contribution >= 0.6 is 11.6 Å². The van der Waals surface area contributed by atoms with Gasteiger partial charge in [0.05, 0.1) is 6.61 Å². The Hall–Kier alpha value is -3.32. The molecule has 0 aliphatic carbocycles. The third-order valence-corrected chi connectivity index (χ3v) is 4.36. The molecular weight excluding hydrogens is 408 g/mol. The Kier molecular flexibility index (Phi) is 6.74. The zero-order valence-corrected chi connectivity index (χ0v) is 17.6. The van der Waals surface area contributed by atoms with Gasteiger partial charge in [-0.05, 0) is 56.2 Å². The lowest BCUT2D eigenvalue weighted by Crippen LogP contribution is -2.21. The second kappa shape index (κ2) is 9.45. The number of benzene rings is 2. The van der Waals surface area contributed by atoms with Gasteiger partial charge in [0.1, 0.15) is 11.4 Å². The van der Waals surface area contributed by atoms with Crippen LogP contribution < -0.4 is 10.1 Å². The molecule has 0 spiro atoms. The summed E-state index contributed by atoms with van der Waals surface area (Å²) in [6, 6.07) is 12.4. The van der Waals surface area contributed by atoms with Crippen molar-refractivity contribution in [3.8, 4) is 17.0 Å². The predicted octanol–water partition coefficient (Wildman–Crippen LogP) is 4.81. The van der Waals surface area contributed by atoms with Gasteiger partial charge in [-0.3, -0.25) is 10.1 Å². The van der Waals surface area contributed by atoms with E-state index in [1.165, 1.54) is 0 Å². The quantitative estimate of drug-likeness (QED) is 0.543. The van der Waals surface area contributed by atoms with Crippen LogP contribution in [0.2, 0.25) is 5.02 Å². The minimum absolute atomic E-state index is 0.0268. The zero-order chi connectivity index (χ0) is 21.7. The van der Waals surface area contributed by atoms with Gasteiger partial charge >= 0.3 is 5.97 Å². The number of hydrogen-bond acceptors (Lipinski definition) is 6. The van der Waals surface area contributed by atoms with E-state index in [1.54, 1.807) is 31.2 Å². The molecule has 0 atom stereocenters. The minimum Gasteiger partial charge on any atom is -0.484 e. The van der Waals surface area contributed by atoms with Crippen LogP contribution in [0.3, 0.4) is 0 Å². The van der Waals surface area contributed by atoms with Gasteiger partial charge in [-0.15, -0.1) is 0 Å². The van der Waals surface area contributed by atoms with Crippen molar-refractivity contribution in [2.24, 2.45) is 0 Å². The third kappa shape index (κ3) is 5.18. The number of hydrogen-bond donors (Lipinski definition) is 1. The van der Waals surface area contributed by atoms with Crippen LogP contribution in [-0.2, 0) is 9.53 Å². The number of esters is 1. The second-order valence-corrected chi connectivity index (χ2v) is 7.06. The molecule has 0 aliphatic rings. The maximum Gasteiger partial charge on any atom is 0.346 e. The molecule has 0 saturated carbocycles. The molecule has 0 radical (unpaired) electrons. The monoisotopic (exact) mass is 428 g/mol. The van der Waals surface area contributed by atoms with Crippen LogP contribution in [0.25, 0.3) is 11.3 Å². The van der Waals surface area contributed by atoms with Crippen LogP contribution in [-0.4, -0.2) is 30.2 Å². The number of aryl methyl sites for hydroxylation is 2. The number of halogens is 1. The zero-order valence-electron chi connectivity index (χ0n) is 16.8. The lowest BCUT2D eigenvalue weighted by molar-refractivity contribution is -0.118. The lowest BCUT2D eigenvalue weighted by atomic mass is 10.1. The number of ether oxygens (including phenoxy) is 2. The average Bonchev–Trinajstić information content (AvgIpc) is 3.10. The van der Waals surface area contributed by atoms with Crippen LogP contribution in [0.1, 0.15) is 28.4 Å². The fraction of sp³-hybridized carbons (Fsp3) is 0.227. The Morgan fingerprint density at radius 2 is 1.77 bits per heavy atom. The van der Waals surface area contributed by atoms with Crippen molar-refractivity contribution < 1.29 is 23.6 Å². The van der Waals surface area contributed by atoms with E-state index in [9.17, 15) is 9.59 Å². The molecule has 156 valence electrons. The molecular formula is C22H21ClN2O5. The molecule has 8 heteroatoms. The second-order valence-electron chi connectivity index (χ2n) is 6.62. The topological polar surface area (TPSA) is 90.7 Å². The van der Waals surface area contributed by atoms with Gasteiger partial charge < -0.3 is 14.0 Å². The van der Waals surface area contributed by atoms with Gasteiger partial charge in [0, 0.05) is 10.6 Å². The largest absolute Gasteiger partial charge is 0.484 e. The highest BCUT2D eigenvalue weighted by Gasteiger charge is 2.26. The number of aromatic nitrogens is 1. The Balaban J connectivity index is 1.79. The van der Waals surface area contributed by atoms with E-state index in [0.717, 1.165) is 11.1 Å². The summed E-state index contributed by atoms with van der Waals surface area (Å²) in [6.45, 7) is 5.47. The van der Waals surface area contributed by atoms with E-state index < -0.39 is 11.9 Å². The van der Waals surface area contributed by atoms with Gasteiger partial charge in [-0.2, -0.15) is 0 Å². The number of carbonyl (C=O) groups is 2. The molecule has 3 aromatic rings. The SMILES string of the molecule is CCOC(=O)c1c(-c2ccc(Cl)cc2)noc1NC(=O)COc1cc(C)cc(C)c1. The Morgan fingerprint density at radius 1 is 1.10 bits per heavy atom. The number of amides is 1. The number of rotatable bonds is 7. The summed E-state index contributed by atoms with van der Waals surface area (Å²) in [4.78, 5) is 24.9. The van der Waals surface area contributed by atoms with Crippen molar-refractivity contribution >= 4 is 29.4 Å². The van der Waals surface area contributed by atoms with Crippen molar-refractivity contribution in [1.29, 1.82) is 0 Å². The van der Waals surface area contributed by atoms with Crippen molar-refractivity contribution in [2.75, 3.05) is 18.5 Å². The molecule has 0 fully saturated rings. The summed E-state index contributed by atoms with van der Waals surface area (Å²) in [7, 11) is 0. The van der Waals surface area contributed by atoms with Gasteiger partial charge in [-0.1, -0.05) is 35.0 Å². The molecule has 0 aliphatic heterocycles. The molecule has 3 rings (SSSR count). The van der Waals surface area contributed by atoms with Crippen molar-refractivity contribution in [3.63, 3.8) is 0 Å². The fourth-order valence-electron chi connectivity index (χ4n) is 2.90. The van der Waals surface area contributed by atoms with Crippen LogP contribution in [0.5, 0.6) is 5.75 Å². The highest BCUT2D eigenvalue weighted by Crippen LogP contribution is 2.30. The van der Waals surface area contributed by atoms with Crippen LogP contribution in [0.15, 0.2) is 47.0 Å². The fourth-order valence-corrected chi connectivity index (χ4v) is 3.03. The average molecular weight is 429 g/mol. The highest BCUT2D eigenvalue weighted by atomic mass is 35.5. The van der Waals surface area contributed by atoms with Gasteiger partial charge in [-0.25, -0.2) is 4.79 Å². The first kappa shape index (κ1) is 21.4. The first-order valence-corrected chi connectivity index (χ1v) is 9.69. The summed E-state index contributed by atoms with van der Waals surface area (Å²) in [5.41, 5.74) is 2.92. The van der Waals surface area contributed by atoms with Crippen LogP contribution in [0.4, 0.5) is 5.88 Å². The molecule has 7 nitrogen and oxygen atoms in total. The van der Waals surface area contributed by atoms with Gasteiger partial charge in [0.25, 0.3) is 5.91 Å². The summed E-state index contributed by atoms with van der Waals surface area (Å²) in [6.07, 6.45) is 0. The molecule has 0 unspecified atom stereocenters. The number of nitrogens with zero attached hydrogens (tertiary/aromatic N) is 1. The lowest BCUT2D eigenvalue weighted by Gasteiger charge is -2.09. The Bertz CT molecular complexity index is 1040. The molecule has 2 aromatic carbocycles. The van der Waals surface area contributed by atoms with Gasteiger partial charge in [0.15, 0.2) is 12.2 Å². The summed E-state index contributed by atoms with van der Waals surface area (Å²) >= 11 is 5.92. The minimum atomic E-state index is -0.658. The Labute approximate surface area is 178 Å². The third-order valence-electron chi connectivity index (χ3n) is 4.11. The smallest absolute Gasteiger partial charge is 0.346 e. The molecule has 1 heterocycles. The predicted molar refractivity (Wildman–Crippen MR) is 113 cm³/mol. The molecule has 1 N–H and O–H groups in total. The van der Waals surface area contributed by atoms with E-state index in [-0.39, 0.29) is 30.4 Å². The number of carbonyl (C=O) groups excluding carboxylic acids is 2. The van der Waals surface area contributed by atoms with Gasteiger partial charge in [0.2, 0.25) is 5.88 Å². The highest BCUT2D eigenvalue weighted by molar-refractivity contribution is 6.30. The van der Waals surface area contributed by atoms with E-state index in [1.807, 2.05) is 32.0 Å². The number of nitrogens with one attached hydrogen (secondary N) is 1. The maximum absolute atomic E-state index is 12.5. The van der Waals surface area contributed by atoms with Crippen molar-refractivity contribution in [2.45, 2.75) is 20.8 Å². The summed E-state index contributed by atoms with van der Waals surface area (Å²) in [5, 5.41) is 7.01. The molecule has 0 bridgehead atoms. The normalized spacial score (nSPS) is 10.5. The maximum atomic E-state index is 12.5. The van der Waals surface area contributed by atoms with E-state index in [0.29, 0.717) is 16.3 Å². The first-order chi connectivity index (χ1) is 14.4. The van der Waals surface area contributed by atoms with Crippen LogP contribution in [0, 0.1) is 13.8 Å². The van der Waals surface area contributed by atoms with Crippen molar-refractivity contribution in [1.82, 2.24) is 5.16 Å². The summed E-state index contributed by atoms with van der Waals surface area (Å²) in [5.74, 6) is -0.687. The number of anilines is 1. The van der Waals surface area contributed by atoms with Crippen molar-refractivity contribution in [3.05, 3.63) is 64.2 Å². The van der Waals surface area contributed by atoms with E-state index in [2.05, 4.69) is 10.5 Å². The molecule has 0 saturated heterocycles. The molecule has 30 heavy (non-hydrogen) atoms. The summed E-state index contributed by atoms with van der Waals surface area (Å²) < 4.78 is 15.9.